The average molecular weight is 156 g/mol. The first kappa shape index (κ1) is 5.55. The van der Waals surface area contributed by atoms with Gasteiger partial charge in [-0.15, -0.1) is 0 Å². The summed E-state index contributed by atoms with van der Waals surface area (Å²) in [5.41, 5.74) is 5.75. The summed E-state index contributed by atoms with van der Waals surface area (Å²) in [5, 5.41) is 9.25. The van der Waals surface area contributed by atoms with E-state index in [1.54, 1.807) is 0 Å². The van der Waals surface area contributed by atoms with Crippen LogP contribution < -0.4 is 5.73 Å². The standard InChI is InChI=1S/C5H4N2O2S/c6-5-7-4-2(10-5)1-3(8)9-4/h1,8H,(H2,6,7). The van der Waals surface area contributed by atoms with E-state index in [1.807, 2.05) is 0 Å². The van der Waals surface area contributed by atoms with Crippen LogP contribution in [0.2, 0.25) is 0 Å². The second kappa shape index (κ2) is 1.63. The Balaban J connectivity index is 2.83. The quantitative estimate of drug-likeness (QED) is 0.600. The molecule has 0 saturated heterocycles. The number of nitrogen functional groups attached to an aromatic ring is 1. The third-order valence-electron chi connectivity index (χ3n) is 1.09. The minimum absolute atomic E-state index is 0.117. The average Bonchev–Trinajstić information content (AvgIpc) is 2.21. The number of rotatable bonds is 0. The summed E-state index contributed by atoms with van der Waals surface area (Å²) in [6, 6.07) is 1.49. The van der Waals surface area contributed by atoms with Gasteiger partial charge >= 0.3 is 0 Å². The number of anilines is 1. The summed E-state index contributed by atoms with van der Waals surface area (Å²) < 4.78 is 5.54. The smallest absolute Gasteiger partial charge is 0.285 e. The lowest BCUT2D eigenvalue weighted by Gasteiger charge is -1.76. The van der Waals surface area contributed by atoms with Gasteiger partial charge in [-0.3, -0.25) is 0 Å². The third kappa shape index (κ3) is 0.640. The maximum Gasteiger partial charge on any atom is 0.285 e. The van der Waals surface area contributed by atoms with Crippen LogP contribution in [0.25, 0.3) is 10.4 Å². The number of hydrogen-bond donors (Lipinski definition) is 2. The molecule has 0 aliphatic rings. The number of aromatic hydroxyl groups is 1. The molecule has 0 fully saturated rings. The zero-order chi connectivity index (χ0) is 7.14. The lowest BCUT2D eigenvalue weighted by Crippen LogP contribution is -1.78. The number of nitrogens with two attached hydrogens (primary N) is 1. The second-order valence-corrected chi connectivity index (χ2v) is 2.87. The first-order chi connectivity index (χ1) is 4.75. The molecule has 0 aliphatic heterocycles. The number of furan rings is 1. The summed E-state index contributed by atoms with van der Waals surface area (Å²) in [5.74, 6) is -0.117. The van der Waals surface area contributed by atoms with Gasteiger partial charge in [-0.05, 0) is 0 Å². The van der Waals surface area contributed by atoms with E-state index in [1.165, 1.54) is 17.4 Å². The molecule has 2 heterocycles. The van der Waals surface area contributed by atoms with E-state index in [0.29, 0.717) is 10.8 Å². The van der Waals surface area contributed by atoms with Crippen LogP contribution in [-0.4, -0.2) is 10.1 Å². The molecule has 2 aromatic rings. The minimum Gasteiger partial charge on any atom is -0.481 e. The maximum atomic E-state index is 8.80. The molecule has 2 rings (SSSR count). The zero-order valence-corrected chi connectivity index (χ0v) is 5.68. The van der Waals surface area contributed by atoms with Gasteiger partial charge in [0.25, 0.3) is 5.95 Å². The van der Waals surface area contributed by atoms with E-state index < -0.39 is 0 Å². The van der Waals surface area contributed by atoms with E-state index in [4.69, 9.17) is 15.3 Å². The van der Waals surface area contributed by atoms with E-state index in [2.05, 4.69) is 4.98 Å². The number of aromatic nitrogens is 1. The summed E-state index contributed by atoms with van der Waals surface area (Å²) in [4.78, 5) is 3.80. The monoisotopic (exact) mass is 156 g/mol. The summed E-state index contributed by atoms with van der Waals surface area (Å²) in [7, 11) is 0. The fraction of sp³-hybridized carbons (Fsp3) is 0. The predicted molar refractivity (Wildman–Crippen MR) is 38.0 cm³/mol. The lowest BCUT2D eigenvalue weighted by atomic mass is 10.6. The van der Waals surface area contributed by atoms with E-state index >= 15 is 0 Å². The van der Waals surface area contributed by atoms with Crippen LogP contribution in [-0.2, 0) is 0 Å². The summed E-state index contributed by atoms with van der Waals surface area (Å²) >= 11 is 1.29. The molecular weight excluding hydrogens is 152 g/mol. The van der Waals surface area contributed by atoms with Crippen LogP contribution in [0.1, 0.15) is 0 Å². The topological polar surface area (TPSA) is 72.3 Å². The van der Waals surface area contributed by atoms with Crippen LogP contribution in [0.5, 0.6) is 5.95 Å². The van der Waals surface area contributed by atoms with Gasteiger partial charge in [-0.2, -0.15) is 4.98 Å². The fourth-order valence-corrected chi connectivity index (χ4v) is 1.43. The van der Waals surface area contributed by atoms with Gasteiger partial charge in [0.1, 0.15) is 4.70 Å². The van der Waals surface area contributed by atoms with Crippen LogP contribution in [0.15, 0.2) is 10.5 Å². The van der Waals surface area contributed by atoms with Gasteiger partial charge in [0, 0.05) is 6.07 Å². The van der Waals surface area contributed by atoms with Gasteiger partial charge in [0.15, 0.2) is 5.13 Å². The molecule has 5 heteroatoms. The Labute approximate surface area is 59.9 Å². The van der Waals surface area contributed by atoms with E-state index in [0.717, 1.165) is 4.70 Å². The molecule has 4 nitrogen and oxygen atoms in total. The third-order valence-corrected chi connectivity index (χ3v) is 1.91. The van der Waals surface area contributed by atoms with Crippen molar-refractivity contribution in [1.82, 2.24) is 4.98 Å². The van der Waals surface area contributed by atoms with E-state index in [9.17, 15) is 0 Å². The van der Waals surface area contributed by atoms with Gasteiger partial charge in [0.2, 0.25) is 5.71 Å². The molecule has 3 N–H and O–H groups in total. The molecule has 0 unspecified atom stereocenters. The first-order valence-electron chi connectivity index (χ1n) is 2.60. The van der Waals surface area contributed by atoms with E-state index in [-0.39, 0.29) is 5.95 Å². The molecule has 0 atom stereocenters. The number of nitrogens with zero attached hydrogens (tertiary/aromatic N) is 1. The largest absolute Gasteiger partial charge is 0.481 e. The van der Waals surface area contributed by atoms with Crippen molar-refractivity contribution in [2.75, 3.05) is 5.73 Å². The van der Waals surface area contributed by atoms with Gasteiger partial charge < -0.3 is 15.3 Å². The van der Waals surface area contributed by atoms with Crippen molar-refractivity contribution in [2.24, 2.45) is 0 Å². The SMILES string of the molecule is Nc1nc2oc(O)cc2s1. The van der Waals surface area contributed by atoms with Crippen LogP contribution >= 0.6 is 11.3 Å². The highest BCUT2D eigenvalue weighted by Gasteiger charge is 2.06. The van der Waals surface area contributed by atoms with Crippen molar-refractivity contribution in [2.45, 2.75) is 0 Å². The van der Waals surface area contributed by atoms with Crippen molar-refractivity contribution in [3.05, 3.63) is 6.07 Å². The Kier molecular flexibility index (Phi) is 0.906. The first-order valence-corrected chi connectivity index (χ1v) is 3.42. The molecule has 0 saturated carbocycles. The Morgan fingerprint density at radius 3 is 3.20 bits per heavy atom. The second-order valence-electron chi connectivity index (χ2n) is 1.81. The summed E-state index contributed by atoms with van der Waals surface area (Å²) in [6.07, 6.45) is 0. The Morgan fingerprint density at radius 1 is 1.70 bits per heavy atom. The molecule has 0 amide bonds. The highest BCUT2D eigenvalue weighted by atomic mass is 32.1. The number of fused-ring (bicyclic) bond motifs is 1. The molecular formula is C5H4N2O2S. The van der Waals surface area contributed by atoms with Crippen molar-refractivity contribution >= 4 is 26.9 Å². The fourth-order valence-electron chi connectivity index (χ4n) is 0.739. The molecule has 0 aliphatic carbocycles. The van der Waals surface area contributed by atoms with Crippen LogP contribution in [0.3, 0.4) is 0 Å². The highest BCUT2D eigenvalue weighted by Crippen LogP contribution is 2.29. The molecule has 0 radical (unpaired) electrons. The zero-order valence-electron chi connectivity index (χ0n) is 4.87. The maximum absolute atomic E-state index is 8.80. The van der Waals surface area contributed by atoms with Crippen molar-refractivity contribution < 1.29 is 9.52 Å². The highest BCUT2D eigenvalue weighted by molar-refractivity contribution is 7.22. The van der Waals surface area contributed by atoms with Crippen molar-refractivity contribution in [3.63, 3.8) is 0 Å². The summed E-state index contributed by atoms with van der Waals surface area (Å²) in [6.45, 7) is 0. The normalized spacial score (nSPS) is 10.8. The Bertz CT molecular complexity index is 301. The van der Waals surface area contributed by atoms with Gasteiger partial charge in [-0.1, -0.05) is 11.3 Å². The number of hydrogen-bond acceptors (Lipinski definition) is 5. The van der Waals surface area contributed by atoms with Crippen LogP contribution in [0, 0.1) is 0 Å². The Hall–Kier alpha value is -1.23. The number of thiazole rings is 1. The van der Waals surface area contributed by atoms with Crippen molar-refractivity contribution in [1.29, 1.82) is 0 Å². The molecule has 10 heavy (non-hydrogen) atoms. The molecule has 52 valence electrons. The Morgan fingerprint density at radius 2 is 2.50 bits per heavy atom. The van der Waals surface area contributed by atoms with Gasteiger partial charge in [-0.25, -0.2) is 0 Å². The molecule has 2 aromatic heterocycles. The molecule has 0 aromatic carbocycles. The molecule has 0 spiro atoms. The van der Waals surface area contributed by atoms with Crippen molar-refractivity contribution in [3.8, 4) is 5.95 Å². The predicted octanol–water partition coefficient (Wildman–Crippen LogP) is 1.18. The minimum atomic E-state index is -0.117. The van der Waals surface area contributed by atoms with Crippen LogP contribution in [0.4, 0.5) is 5.13 Å². The molecule has 0 bridgehead atoms. The van der Waals surface area contributed by atoms with Gasteiger partial charge in [0.05, 0.1) is 0 Å². The lowest BCUT2D eigenvalue weighted by molar-refractivity contribution is 0.344.